The Labute approximate surface area is 161 Å². The molecule has 6 N–H and O–H groups in total. The first kappa shape index (κ1) is 27.3. The molecule has 0 atom stereocenters. The molecule has 0 rings (SSSR count). The number of nitrogens with two attached hydrogens (primary N) is 2. The van der Waals surface area contributed by atoms with Gasteiger partial charge < -0.3 is 35.6 Å². The van der Waals surface area contributed by atoms with Crippen molar-refractivity contribution in [3.05, 3.63) is 0 Å². The van der Waals surface area contributed by atoms with E-state index in [1.54, 1.807) is 26.3 Å². The third kappa shape index (κ3) is 13.3. The standard InChI is InChI=1S/C12H20O7.C3H7N3O3/c1-4-17-9(13)7-12(16,11(15)19-6-3)8-10(14)18-5-2;4-1-2(7)9-6-3(5)8/h16H,4-8H2,1-3H3;1,4H2,(H3,5,6,8). The van der Waals surface area contributed by atoms with Gasteiger partial charge in [-0.1, -0.05) is 0 Å². The van der Waals surface area contributed by atoms with E-state index in [2.05, 4.69) is 24.8 Å². The maximum atomic E-state index is 11.7. The van der Waals surface area contributed by atoms with Crippen LogP contribution in [0.25, 0.3) is 0 Å². The van der Waals surface area contributed by atoms with Gasteiger partial charge in [0.15, 0.2) is 5.60 Å². The first-order valence-corrected chi connectivity index (χ1v) is 8.22. The fourth-order valence-corrected chi connectivity index (χ4v) is 1.52. The van der Waals surface area contributed by atoms with Crippen molar-refractivity contribution in [3.63, 3.8) is 0 Å². The van der Waals surface area contributed by atoms with Gasteiger partial charge in [-0.3, -0.25) is 9.59 Å². The molecule has 0 unspecified atom stereocenters. The number of esters is 3. The summed E-state index contributed by atoms with van der Waals surface area (Å²) in [6.07, 6.45) is -1.31. The molecule has 162 valence electrons. The predicted octanol–water partition coefficient (Wildman–Crippen LogP) is -1.74. The molecule has 2 amide bonds. The SMILES string of the molecule is CCOC(=O)CC(O)(CC(=O)OCC)C(=O)OCC.NCC(=O)ONC(N)=O. The van der Waals surface area contributed by atoms with Crippen LogP contribution < -0.4 is 16.9 Å². The van der Waals surface area contributed by atoms with Gasteiger partial charge in [-0.25, -0.2) is 14.4 Å². The Kier molecular flexibility index (Phi) is 14.8. The molecule has 0 saturated carbocycles. The van der Waals surface area contributed by atoms with Crippen LogP contribution in [-0.4, -0.2) is 67.0 Å². The van der Waals surface area contributed by atoms with Crippen molar-refractivity contribution in [1.29, 1.82) is 0 Å². The number of nitrogens with one attached hydrogen (secondary N) is 1. The number of aliphatic hydroxyl groups is 1. The summed E-state index contributed by atoms with van der Waals surface area (Å²) >= 11 is 0. The Balaban J connectivity index is 0. The highest BCUT2D eigenvalue weighted by molar-refractivity contribution is 5.90. The number of hydroxylamine groups is 1. The highest BCUT2D eigenvalue weighted by atomic mass is 16.7. The van der Waals surface area contributed by atoms with Gasteiger partial charge in [-0.05, 0) is 20.8 Å². The van der Waals surface area contributed by atoms with Crippen molar-refractivity contribution < 1.29 is 48.1 Å². The number of ether oxygens (including phenoxy) is 3. The van der Waals surface area contributed by atoms with Crippen molar-refractivity contribution in [2.45, 2.75) is 39.2 Å². The van der Waals surface area contributed by atoms with Crippen LogP contribution in [0.3, 0.4) is 0 Å². The summed E-state index contributed by atoms with van der Waals surface area (Å²) in [5.74, 6) is -3.37. The zero-order valence-corrected chi connectivity index (χ0v) is 16.0. The average Bonchev–Trinajstić information content (AvgIpc) is 2.60. The summed E-state index contributed by atoms with van der Waals surface area (Å²) in [5, 5.41) is 10.1. The summed E-state index contributed by atoms with van der Waals surface area (Å²) in [6, 6.07) is -0.934. The molecule has 0 heterocycles. The van der Waals surface area contributed by atoms with Crippen LogP contribution in [-0.2, 0) is 38.2 Å². The Morgan fingerprint density at radius 2 is 1.29 bits per heavy atom. The van der Waals surface area contributed by atoms with Gasteiger partial charge >= 0.3 is 29.9 Å². The minimum absolute atomic E-state index is 0.0206. The molecule has 0 fully saturated rings. The van der Waals surface area contributed by atoms with E-state index in [9.17, 15) is 29.1 Å². The predicted molar refractivity (Wildman–Crippen MR) is 91.9 cm³/mol. The Bertz CT molecular complexity index is 518. The lowest BCUT2D eigenvalue weighted by atomic mass is 9.95. The number of hydrogen-bond donors (Lipinski definition) is 4. The van der Waals surface area contributed by atoms with Crippen molar-refractivity contribution in [2.75, 3.05) is 26.4 Å². The third-order valence-corrected chi connectivity index (χ3v) is 2.57. The molecule has 0 radical (unpaired) electrons. The van der Waals surface area contributed by atoms with E-state index in [4.69, 9.17) is 5.73 Å². The van der Waals surface area contributed by atoms with Gasteiger partial charge in [0, 0.05) is 0 Å². The molecule has 13 nitrogen and oxygen atoms in total. The van der Waals surface area contributed by atoms with Crippen LogP contribution in [0.1, 0.15) is 33.6 Å². The van der Waals surface area contributed by atoms with Crippen LogP contribution in [0, 0.1) is 0 Å². The van der Waals surface area contributed by atoms with E-state index in [0.29, 0.717) is 0 Å². The Hall–Kier alpha value is -2.93. The monoisotopic (exact) mass is 409 g/mol. The van der Waals surface area contributed by atoms with E-state index in [1.165, 1.54) is 0 Å². The van der Waals surface area contributed by atoms with Gasteiger partial charge in [0.1, 0.15) is 0 Å². The Morgan fingerprint density at radius 1 is 0.857 bits per heavy atom. The second-order valence-corrected chi connectivity index (χ2v) is 4.86. The first-order valence-electron chi connectivity index (χ1n) is 8.22. The molecular formula is C15H27N3O10. The lowest BCUT2D eigenvalue weighted by Crippen LogP contribution is -2.44. The topological polar surface area (TPSA) is 207 Å². The van der Waals surface area contributed by atoms with Gasteiger partial charge in [-0.15, -0.1) is 0 Å². The number of urea groups is 1. The van der Waals surface area contributed by atoms with Crippen molar-refractivity contribution in [3.8, 4) is 0 Å². The van der Waals surface area contributed by atoms with Crippen LogP contribution in [0.4, 0.5) is 4.79 Å². The lowest BCUT2D eigenvalue weighted by molar-refractivity contribution is -0.177. The molecule has 0 aliphatic carbocycles. The number of carbonyl (C=O) groups is 5. The number of carbonyl (C=O) groups excluding carboxylic acids is 5. The molecule has 13 heteroatoms. The van der Waals surface area contributed by atoms with E-state index in [1.807, 2.05) is 0 Å². The van der Waals surface area contributed by atoms with Gasteiger partial charge in [0.05, 0.1) is 39.2 Å². The molecule has 0 aromatic carbocycles. The second kappa shape index (κ2) is 15.2. The summed E-state index contributed by atoms with van der Waals surface area (Å²) in [7, 11) is 0. The zero-order chi connectivity index (χ0) is 22.2. The Morgan fingerprint density at radius 3 is 1.61 bits per heavy atom. The first-order chi connectivity index (χ1) is 13.1. The van der Waals surface area contributed by atoms with Crippen molar-refractivity contribution in [2.24, 2.45) is 11.5 Å². The number of rotatable bonds is 9. The van der Waals surface area contributed by atoms with Crippen molar-refractivity contribution >= 4 is 29.9 Å². The van der Waals surface area contributed by atoms with E-state index in [0.717, 1.165) is 0 Å². The molecule has 0 aromatic heterocycles. The normalized spacial score (nSPS) is 9.89. The van der Waals surface area contributed by atoms with E-state index >= 15 is 0 Å². The quantitative estimate of drug-likeness (QED) is 0.191. The molecule has 0 aliphatic rings. The molecule has 28 heavy (non-hydrogen) atoms. The number of hydrogen-bond acceptors (Lipinski definition) is 11. The molecule has 0 aliphatic heterocycles. The minimum atomic E-state index is -2.26. The molecular weight excluding hydrogens is 382 g/mol. The minimum Gasteiger partial charge on any atom is -0.466 e. The zero-order valence-electron chi connectivity index (χ0n) is 16.0. The number of amides is 2. The molecule has 0 bridgehead atoms. The maximum absolute atomic E-state index is 11.7. The van der Waals surface area contributed by atoms with Crippen LogP contribution in [0.2, 0.25) is 0 Å². The third-order valence-electron chi connectivity index (χ3n) is 2.57. The van der Waals surface area contributed by atoms with Crippen LogP contribution in [0.5, 0.6) is 0 Å². The summed E-state index contributed by atoms with van der Waals surface area (Å²) in [6.45, 7) is 4.67. The van der Waals surface area contributed by atoms with Gasteiger partial charge in [0.25, 0.3) is 0 Å². The second-order valence-electron chi connectivity index (χ2n) is 4.86. The summed E-state index contributed by atoms with van der Waals surface area (Å²) in [5.41, 5.74) is 8.67. The maximum Gasteiger partial charge on any atom is 0.345 e. The van der Waals surface area contributed by atoms with Gasteiger partial charge in [-0.2, -0.15) is 5.48 Å². The smallest absolute Gasteiger partial charge is 0.345 e. The largest absolute Gasteiger partial charge is 0.466 e. The molecule has 0 spiro atoms. The highest BCUT2D eigenvalue weighted by Gasteiger charge is 2.43. The highest BCUT2D eigenvalue weighted by Crippen LogP contribution is 2.19. The lowest BCUT2D eigenvalue weighted by Gasteiger charge is -2.23. The van der Waals surface area contributed by atoms with Crippen LogP contribution >= 0.6 is 0 Å². The van der Waals surface area contributed by atoms with Crippen LogP contribution in [0.15, 0.2) is 0 Å². The summed E-state index contributed by atoms with van der Waals surface area (Å²) in [4.78, 5) is 58.3. The summed E-state index contributed by atoms with van der Waals surface area (Å²) < 4.78 is 14.0. The van der Waals surface area contributed by atoms with E-state index < -0.39 is 48.4 Å². The molecule has 0 saturated heterocycles. The number of primary amides is 1. The van der Waals surface area contributed by atoms with E-state index in [-0.39, 0.29) is 26.4 Å². The fraction of sp³-hybridized carbons (Fsp3) is 0.667. The van der Waals surface area contributed by atoms with Gasteiger partial charge in [0.2, 0.25) is 0 Å². The molecule has 0 aromatic rings. The fourth-order valence-electron chi connectivity index (χ4n) is 1.52. The van der Waals surface area contributed by atoms with Crippen molar-refractivity contribution in [1.82, 2.24) is 5.48 Å². The average molecular weight is 409 g/mol.